The average molecular weight is 607 g/mol. The van der Waals surface area contributed by atoms with E-state index < -0.39 is 16.1 Å². The van der Waals surface area contributed by atoms with Gasteiger partial charge in [-0.3, -0.25) is 13.9 Å². The van der Waals surface area contributed by atoms with Crippen molar-refractivity contribution in [2.45, 2.75) is 69.6 Å². The number of benzene rings is 3. The van der Waals surface area contributed by atoms with Gasteiger partial charge >= 0.3 is 0 Å². The molecular formula is C34H42N2O6S. The quantitative estimate of drug-likeness (QED) is 0.244. The predicted octanol–water partition coefficient (Wildman–Crippen LogP) is 5.15. The fraction of sp³-hybridized carbons (Fsp3) is 0.412. The summed E-state index contributed by atoms with van der Waals surface area (Å²) in [5, 5.41) is 14.5. The van der Waals surface area contributed by atoms with Crippen molar-refractivity contribution in [3.63, 3.8) is 0 Å². The van der Waals surface area contributed by atoms with Crippen molar-refractivity contribution in [1.82, 2.24) is 5.32 Å². The highest BCUT2D eigenvalue weighted by Crippen LogP contribution is 2.27. The summed E-state index contributed by atoms with van der Waals surface area (Å²) in [5.74, 6) is 0.337. The second kappa shape index (κ2) is 14.3. The minimum atomic E-state index is -3.62. The van der Waals surface area contributed by atoms with Gasteiger partial charge in [0, 0.05) is 43.1 Å². The lowest BCUT2D eigenvalue weighted by Crippen LogP contribution is -2.39. The second-order valence-electron chi connectivity index (χ2n) is 11.6. The number of hydrogen-bond donors (Lipinski definition) is 2. The van der Waals surface area contributed by atoms with Crippen LogP contribution >= 0.6 is 0 Å². The number of nitrogens with one attached hydrogen (secondary N) is 1. The first-order chi connectivity index (χ1) is 20.4. The van der Waals surface area contributed by atoms with Gasteiger partial charge in [0.1, 0.15) is 5.75 Å². The Labute approximate surface area is 255 Å². The first-order valence-corrected chi connectivity index (χ1v) is 16.6. The molecule has 0 spiro atoms. The minimum absolute atomic E-state index is 0.0500. The van der Waals surface area contributed by atoms with Crippen LogP contribution in [0.2, 0.25) is 0 Å². The molecule has 0 aromatic heterocycles. The first-order valence-electron chi connectivity index (χ1n) is 14.7. The number of hydrogen-bond acceptors (Lipinski definition) is 7. The monoisotopic (exact) mass is 606 g/mol. The van der Waals surface area contributed by atoms with E-state index in [4.69, 9.17) is 4.74 Å². The molecule has 1 aliphatic heterocycles. The van der Waals surface area contributed by atoms with Gasteiger partial charge in [-0.05, 0) is 73.1 Å². The zero-order chi connectivity index (χ0) is 31.1. The molecule has 2 N–H and O–H groups in total. The van der Waals surface area contributed by atoms with Crippen LogP contribution in [0.1, 0.15) is 76.8 Å². The highest BCUT2D eigenvalue weighted by molar-refractivity contribution is 7.92. The van der Waals surface area contributed by atoms with Crippen LogP contribution in [0.5, 0.6) is 5.75 Å². The van der Waals surface area contributed by atoms with Crippen LogP contribution in [0.4, 0.5) is 5.69 Å². The Morgan fingerprint density at radius 2 is 1.70 bits per heavy atom. The van der Waals surface area contributed by atoms with Gasteiger partial charge in [0.2, 0.25) is 10.0 Å². The largest absolute Gasteiger partial charge is 0.497 e. The van der Waals surface area contributed by atoms with E-state index in [9.17, 15) is 23.1 Å². The van der Waals surface area contributed by atoms with Gasteiger partial charge in [-0.1, -0.05) is 49.4 Å². The normalized spacial score (nSPS) is 18.2. The Morgan fingerprint density at radius 3 is 2.37 bits per heavy atom. The van der Waals surface area contributed by atoms with Crippen LogP contribution in [0, 0.1) is 0 Å². The molecule has 4 atom stereocenters. The zero-order valence-electron chi connectivity index (χ0n) is 25.3. The summed E-state index contributed by atoms with van der Waals surface area (Å²) in [7, 11) is -0.575. The van der Waals surface area contributed by atoms with Gasteiger partial charge < -0.3 is 15.2 Å². The fourth-order valence-electron chi connectivity index (χ4n) is 5.62. The van der Waals surface area contributed by atoms with Gasteiger partial charge in [-0.25, -0.2) is 8.42 Å². The minimum Gasteiger partial charge on any atom is -0.497 e. The van der Waals surface area contributed by atoms with Crippen molar-refractivity contribution in [2.24, 2.45) is 0 Å². The van der Waals surface area contributed by atoms with Crippen molar-refractivity contribution < 1.29 is 27.9 Å². The Balaban J connectivity index is 1.42. The highest BCUT2D eigenvalue weighted by atomic mass is 32.2. The Morgan fingerprint density at radius 1 is 1.00 bits per heavy atom. The topological polar surface area (TPSA) is 113 Å². The third-order valence-electron chi connectivity index (χ3n) is 8.31. The number of rotatable bonds is 14. The number of sulfonamides is 1. The van der Waals surface area contributed by atoms with Crippen molar-refractivity contribution in [1.29, 1.82) is 0 Å². The number of nitrogens with zero attached hydrogens (tertiary/aromatic N) is 1. The third-order valence-corrected chi connectivity index (χ3v) is 9.51. The number of carbonyl (C=O) groups excluding carboxylic acids is 2. The molecule has 0 radical (unpaired) electrons. The molecule has 0 amide bonds. The van der Waals surface area contributed by atoms with Gasteiger partial charge in [0.05, 0.1) is 25.2 Å². The molecule has 43 heavy (non-hydrogen) atoms. The van der Waals surface area contributed by atoms with E-state index in [0.29, 0.717) is 0 Å². The van der Waals surface area contributed by atoms with E-state index in [1.807, 2.05) is 55.5 Å². The van der Waals surface area contributed by atoms with Crippen molar-refractivity contribution in [3.05, 3.63) is 95.1 Å². The van der Waals surface area contributed by atoms with E-state index in [1.54, 1.807) is 13.2 Å². The lowest BCUT2D eigenvalue weighted by atomic mass is 9.91. The lowest BCUT2D eigenvalue weighted by molar-refractivity contribution is 0.0899. The summed E-state index contributed by atoms with van der Waals surface area (Å²) in [4.78, 5) is 26.7. The molecule has 0 unspecified atom stereocenters. The molecule has 1 aliphatic rings. The van der Waals surface area contributed by atoms with Crippen molar-refractivity contribution in [2.75, 3.05) is 24.7 Å². The molecule has 0 bridgehead atoms. The Bertz CT molecular complexity index is 1520. The Hall–Kier alpha value is -3.53. The molecule has 1 saturated heterocycles. The second-order valence-corrected chi connectivity index (χ2v) is 13.6. The van der Waals surface area contributed by atoms with Crippen LogP contribution in [-0.2, 0) is 16.4 Å². The van der Waals surface area contributed by atoms with E-state index in [-0.39, 0.29) is 65.6 Å². The zero-order valence-corrected chi connectivity index (χ0v) is 26.1. The maximum atomic E-state index is 13.4. The number of Topliss-reactive ketones (excluding diaryl/α,β-unsaturated/α-hetero) is 2. The first kappa shape index (κ1) is 32.4. The number of aliphatic hydroxyl groups is 1. The van der Waals surface area contributed by atoms with Gasteiger partial charge in [-0.2, -0.15) is 0 Å². The standard InChI is InChI=1S/C34H42N2O6S/c1-23(25-10-6-5-7-11-25)17-34(39)27-20-26(21-29(22-27)36(2)43(4,40)41)32(37)15-16-33(38)31-14-13-28(35-31)18-24-9-8-12-30(19-24)42-3/h5-12,19-23,28,31,33,35,38H,13-18H2,1-4H3/t23-,28-,31+,33-/m0/s1. The molecule has 3 aromatic rings. The number of ketones is 2. The van der Waals surface area contributed by atoms with E-state index in [2.05, 4.69) is 11.4 Å². The number of ether oxygens (including phenoxy) is 1. The predicted molar refractivity (Wildman–Crippen MR) is 170 cm³/mol. The van der Waals surface area contributed by atoms with Gasteiger partial charge in [0.15, 0.2) is 11.6 Å². The van der Waals surface area contributed by atoms with Crippen molar-refractivity contribution in [3.8, 4) is 5.75 Å². The highest BCUT2D eigenvalue weighted by Gasteiger charge is 2.30. The van der Waals surface area contributed by atoms with Crippen LogP contribution in [-0.4, -0.2) is 63.7 Å². The Kier molecular flexibility index (Phi) is 10.8. The van der Waals surface area contributed by atoms with E-state index in [1.165, 1.54) is 19.2 Å². The number of methoxy groups -OCH3 is 1. The molecule has 230 valence electrons. The summed E-state index contributed by atoms with van der Waals surface area (Å²) >= 11 is 0. The molecule has 4 rings (SSSR count). The van der Waals surface area contributed by atoms with E-state index in [0.717, 1.165) is 46.7 Å². The SMILES string of the molecule is COc1cccc(C[C@@H]2CC[C@H]([C@@H](O)CCC(=O)c3cc(C(=O)C[C@H](C)c4ccccc4)cc(N(C)S(C)(=O)=O)c3)N2)c1. The maximum absolute atomic E-state index is 13.4. The molecule has 0 saturated carbocycles. The summed E-state index contributed by atoms with van der Waals surface area (Å²) in [5.41, 5.74) is 2.98. The van der Waals surface area contributed by atoms with Crippen LogP contribution in [0.25, 0.3) is 0 Å². The smallest absolute Gasteiger partial charge is 0.231 e. The lowest BCUT2D eigenvalue weighted by Gasteiger charge is -2.21. The maximum Gasteiger partial charge on any atom is 0.231 e. The molecular weight excluding hydrogens is 564 g/mol. The fourth-order valence-corrected chi connectivity index (χ4v) is 6.11. The summed E-state index contributed by atoms with van der Waals surface area (Å²) in [6, 6.07) is 22.3. The summed E-state index contributed by atoms with van der Waals surface area (Å²) < 4.78 is 31.0. The van der Waals surface area contributed by atoms with Crippen molar-refractivity contribution >= 4 is 27.3 Å². The van der Waals surface area contributed by atoms with Crippen LogP contribution < -0.4 is 14.4 Å². The molecule has 0 aliphatic carbocycles. The average Bonchev–Trinajstić information content (AvgIpc) is 3.47. The van der Waals surface area contributed by atoms with E-state index >= 15 is 0 Å². The number of anilines is 1. The number of carbonyl (C=O) groups is 2. The summed E-state index contributed by atoms with van der Waals surface area (Å²) in [6.07, 6.45) is 3.44. The molecule has 3 aromatic carbocycles. The summed E-state index contributed by atoms with van der Waals surface area (Å²) in [6.45, 7) is 1.96. The molecule has 8 nitrogen and oxygen atoms in total. The number of aliphatic hydroxyl groups excluding tert-OH is 1. The molecule has 9 heteroatoms. The third kappa shape index (κ3) is 8.75. The molecule has 1 heterocycles. The van der Waals surface area contributed by atoms with Crippen LogP contribution in [0.3, 0.4) is 0 Å². The van der Waals surface area contributed by atoms with Crippen LogP contribution in [0.15, 0.2) is 72.8 Å². The van der Waals surface area contributed by atoms with Gasteiger partial charge in [-0.15, -0.1) is 0 Å². The van der Waals surface area contributed by atoms with Gasteiger partial charge in [0.25, 0.3) is 0 Å². The molecule has 1 fully saturated rings.